The van der Waals surface area contributed by atoms with Crippen LogP contribution in [0.2, 0.25) is 0 Å². The Labute approximate surface area is 112 Å². The van der Waals surface area contributed by atoms with Crippen molar-refractivity contribution >= 4 is 23.5 Å². The Morgan fingerprint density at radius 3 is 2.89 bits per heavy atom. The minimum absolute atomic E-state index is 0.0166. The molecule has 0 radical (unpaired) electrons. The summed E-state index contributed by atoms with van der Waals surface area (Å²) in [6.45, 7) is 0.803. The van der Waals surface area contributed by atoms with Gasteiger partial charge in [0.2, 0.25) is 11.9 Å². The monoisotopic (exact) mass is 264 g/mol. The molecule has 4 N–H and O–H groups in total. The van der Waals surface area contributed by atoms with E-state index in [1.54, 1.807) is 14.1 Å². The summed E-state index contributed by atoms with van der Waals surface area (Å²) < 4.78 is 0. The lowest BCUT2D eigenvalue weighted by atomic mass is 10.0. The van der Waals surface area contributed by atoms with Crippen LogP contribution in [-0.4, -0.2) is 42.6 Å². The Balaban J connectivity index is 2.31. The van der Waals surface area contributed by atoms with Crippen molar-refractivity contribution in [3.63, 3.8) is 0 Å². The van der Waals surface area contributed by atoms with Crippen LogP contribution in [-0.2, 0) is 4.79 Å². The third-order valence-electron chi connectivity index (χ3n) is 3.33. The summed E-state index contributed by atoms with van der Waals surface area (Å²) in [5.74, 6) is 1.58. The van der Waals surface area contributed by atoms with Crippen molar-refractivity contribution in [1.82, 2.24) is 15.3 Å². The molecule has 1 atom stereocenters. The standard InChI is InChI=1S/C12H20N6O/c1-14-9-7-10(17-12(13)16-9)18-6-4-3-5-8(18)11(19)15-2/h7-8H,3-6H2,1-2H3,(H,15,19)(H3,13,14,16,17). The first-order valence-corrected chi connectivity index (χ1v) is 6.46. The Hall–Kier alpha value is -2.05. The van der Waals surface area contributed by atoms with Gasteiger partial charge in [-0.3, -0.25) is 4.79 Å². The summed E-state index contributed by atoms with van der Waals surface area (Å²) in [4.78, 5) is 22.3. The molecular weight excluding hydrogens is 244 g/mol. The number of carbonyl (C=O) groups is 1. The molecule has 0 saturated carbocycles. The molecule has 0 spiro atoms. The largest absolute Gasteiger partial charge is 0.373 e. The first-order chi connectivity index (χ1) is 9.15. The van der Waals surface area contributed by atoms with Gasteiger partial charge in [0.25, 0.3) is 0 Å². The number of rotatable bonds is 3. The number of piperidine rings is 1. The molecule has 1 unspecified atom stereocenters. The molecule has 0 aliphatic carbocycles. The highest BCUT2D eigenvalue weighted by molar-refractivity contribution is 5.85. The van der Waals surface area contributed by atoms with Gasteiger partial charge in [-0.25, -0.2) is 0 Å². The zero-order valence-electron chi connectivity index (χ0n) is 11.3. The fourth-order valence-electron chi connectivity index (χ4n) is 2.37. The molecule has 1 aromatic rings. The average Bonchev–Trinajstić information content (AvgIpc) is 2.45. The summed E-state index contributed by atoms with van der Waals surface area (Å²) >= 11 is 0. The van der Waals surface area contributed by atoms with E-state index in [1.807, 2.05) is 11.0 Å². The molecular formula is C12H20N6O. The molecule has 19 heavy (non-hydrogen) atoms. The summed E-state index contributed by atoms with van der Waals surface area (Å²) in [6.07, 6.45) is 2.93. The minimum atomic E-state index is -0.183. The maximum Gasteiger partial charge on any atom is 0.242 e. The summed E-state index contributed by atoms with van der Waals surface area (Å²) in [5.41, 5.74) is 5.71. The number of carbonyl (C=O) groups excluding carboxylic acids is 1. The maximum absolute atomic E-state index is 11.9. The van der Waals surface area contributed by atoms with Crippen LogP contribution in [0.4, 0.5) is 17.6 Å². The molecule has 1 aromatic heterocycles. The fraction of sp³-hybridized carbons (Fsp3) is 0.583. The van der Waals surface area contributed by atoms with E-state index in [1.165, 1.54) is 0 Å². The SMILES string of the molecule is CNC(=O)C1CCCCN1c1cc(NC)nc(N)n1. The van der Waals surface area contributed by atoms with Crippen LogP contribution in [0.1, 0.15) is 19.3 Å². The maximum atomic E-state index is 11.9. The molecule has 1 aliphatic heterocycles. The molecule has 1 amide bonds. The normalized spacial score (nSPS) is 19.1. The lowest BCUT2D eigenvalue weighted by Gasteiger charge is -2.35. The number of nitrogens with one attached hydrogen (secondary N) is 2. The Morgan fingerprint density at radius 2 is 2.21 bits per heavy atom. The smallest absolute Gasteiger partial charge is 0.242 e. The van der Waals surface area contributed by atoms with Gasteiger partial charge < -0.3 is 21.3 Å². The lowest BCUT2D eigenvalue weighted by molar-refractivity contribution is -0.122. The van der Waals surface area contributed by atoms with E-state index in [9.17, 15) is 4.79 Å². The Morgan fingerprint density at radius 1 is 1.42 bits per heavy atom. The van der Waals surface area contributed by atoms with E-state index in [2.05, 4.69) is 20.6 Å². The molecule has 1 fully saturated rings. The van der Waals surface area contributed by atoms with E-state index in [4.69, 9.17) is 5.73 Å². The second-order valence-corrected chi connectivity index (χ2v) is 4.54. The highest BCUT2D eigenvalue weighted by Crippen LogP contribution is 2.25. The molecule has 0 aromatic carbocycles. The topological polar surface area (TPSA) is 96.2 Å². The van der Waals surface area contributed by atoms with E-state index in [-0.39, 0.29) is 17.9 Å². The van der Waals surface area contributed by atoms with Crippen LogP contribution in [0.5, 0.6) is 0 Å². The van der Waals surface area contributed by atoms with Gasteiger partial charge in [-0.1, -0.05) is 0 Å². The number of nitrogens with zero attached hydrogens (tertiary/aromatic N) is 3. The van der Waals surface area contributed by atoms with E-state index < -0.39 is 0 Å². The summed E-state index contributed by atoms with van der Waals surface area (Å²) in [6, 6.07) is 1.63. The predicted molar refractivity (Wildman–Crippen MR) is 75.0 cm³/mol. The second-order valence-electron chi connectivity index (χ2n) is 4.54. The molecule has 7 heteroatoms. The first kappa shape index (κ1) is 13.4. The Kier molecular flexibility index (Phi) is 4.03. The quantitative estimate of drug-likeness (QED) is 0.722. The van der Waals surface area contributed by atoms with Crippen molar-refractivity contribution in [2.75, 3.05) is 36.6 Å². The van der Waals surface area contributed by atoms with Gasteiger partial charge in [0.15, 0.2) is 0 Å². The molecule has 2 rings (SSSR count). The molecule has 2 heterocycles. The van der Waals surface area contributed by atoms with Gasteiger partial charge in [-0.2, -0.15) is 9.97 Å². The number of hydrogen-bond acceptors (Lipinski definition) is 6. The molecule has 104 valence electrons. The van der Waals surface area contributed by atoms with Crippen molar-refractivity contribution in [3.05, 3.63) is 6.07 Å². The summed E-state index contributed by atoms with van der Waals surface area (Å²) in [5, 5.41) is 5.65. The highest BCUT2D eigenvalue weighted by Gasteiger charge is 2.29. The first-order valence-electron chi connectivity index (χ1n) is 6.46. The van der Waals surface area contributed by atoms with Crippen molar-refractivity contribution in [1.29, 1.82) is 0 Å². The molecule has 7 nitrogen and oxygen atoms in total. The highest BCUT2D eigenvalue weighted by atomic mass is 16.2. The molecule has 0 bridgehead atoms. The van der Waals surface area contributed by atoms with Gasteiger partial charge in [-0.15, -0.1) is 0 Å². The average molecular weight is 264 g/mol. The van der Waals surface area contributed by atoms with Crippen molar-refractivity contribution in [2.24, 2.45) is 0 Å². The number of likely N-dealkylation sites (N-methyl/N-ethyl adjacent to an activating group) is 1. The zero-order chi connectivity index (χ0) is 13.8. The lowest BCUT2D eigenvalue weighted by Crippen LogP contribution is -2.49. The van der Waals surface area contributed by atoms with Crippen LogP contribution in [0.25, 0.3) is 0 Å². The van der Waals surface area contributed by atoms with Gasteiger partial charge in [0.05, 0.1) is 0 Å². The van der Waals surface area contributed by atoms with Crippen LogP contribution >= 0.6 is 0 Å². The third-order valence-corrected chi connectivity index (χ3v) is 3.33. The number of hydrogen-bond donors (Lipinski definition) is 3. The van der Waals surface area contributed by atoms with Crippen LogP contribution in [0.3, 0.4) is 0 Å². The Bertz CT molecular complexity index is 464. The van der Waals surface area contributed by atoms with Gasteiger partial charge >= 0.3 is 0 Å². The van der Waals surface area contributed by atoms with Crippen LogP contribution in [0, 0.1) is 0 Å². The zero-order valence-corrected chi connectivity index (χ0v) is 11.3. The number of anilines is 3. The number of nitrogens with two attached hydrogens (primary N) is 1. The minimum Gasteiger partial charge on any atom is -0.373 e. The van der Waals surface area contributed by atoms with E-state index >= 15 is 0 Å². The van der Waals surface area contributed by atoms with E-state index in [0.29, 0.717) is 11.6 Å². The second kappa shape index (κ2) is 5.73. The van der Waals surface area contributed by atoms with Crippen molar-refractivity contribution in [2.45, 2.75) is 25.3 Å². The number of amides is 1. The molecule has 1 saturated heterocycles. The van der Waals surface area contributed by atoms with Crippen molar-refractivity contribution < 1.29 is 4.79 Å². The summed E-state index contributed by atoms with van der Waals surface area (Å²) in [7, 11) is 3.43. The van der Waals surface area contributed by atoms with Gasteiger partial charge in [0, 0.05) is 26.7 Å². The van der Waals surface area contributed by atoms with Crippen LogP contribution in [0.15, 0.2) is 6.07 Å². The van der Waals surface area contributed by atoms with Gasteiger partial charge in [-0.05, 0) is 19.3 Å². The van der Waals surface area contributed by atoms with Gasteiger partial charge in [0.1, 0.15) is 17.7 Å². The number of aromatic nitrogens is 2. The third kappa shape index (κ3) is 2.86. The fourth-order valence-corrected chi connectivity index (χ4v) is 2.37. The predicted octanol–water partition coefficient (Wildman–Crippen LogP) is 0.205. The van der Waals surface area contributed by atoms with E-state index in [0.717, 1.165) is 25.8 Å². The van der Waals surface area contributed by atoms with Crippen molar-refractivity contribution in [3.8, 4) is 0 Å². The number of nitrogen functional groups attached to an aromatic ring is 1. The van der Waals surface area contributed by atoms with Crippen LogP contribution < -0.4 is 21.3 Å². The molecule has 1 aliphatic rings.